The first-order chi connectivity index (χ1) is 9.37. The van der Waals surface area contributed by atoms with Crippen molar-refractivity contribution in [1.29, 1.82) is 0 Å². The summed E-state index contributed by atoms with van der Waals surface area (Å²) in [5.41, 5.74) is 3.19. The van der Waals surface area contributed by atoms with E-state index in [-0.39, 0.29) is 0 Å². The van der Waals surface area contributed by atoms with E-state index in [0.29, 0.717) is 25.5 Å². The highest BCUT2D eigenvalue weighted by molar-refractivity contribution is 5.88. The summed E-state index contributed by atoms with van der Waals surface area (Å²) in [6, 6.07) is 5.85. The van der Waals surface area contributed by atoms with Gasteiger partial charge in [0.15, 0.2) is 0 Å². The molecular formula is C14H18F3N3. The SMILES string of the molecule is Cc1cccc(NCC2=NCCN2CC(F)(F)F)c1C. The summed E-state index contributed by atoms with van der Waals surface area (Å²) >= 11 is 0. The second-order valence-electron chi connectivity index (χ2n) is 4.94. The van der Waals surface area contributed by atoms with Crippen LogP contribution in [-0.2, 0) is 0 Å². The maximum absolute atomic E-state index is 12.4. The van der Waals surface area contributed by atoms with Gasteiger partial charge in [-0.25, -0.2) is 0 Å². The zero-order valence-corrected chi connectivity index (χ0v) is 11.6. The number of aryl methyl sites for hydroxylation is 1. The molecule has 6 heteroatoms. The van der Waals surface area contributed by atoms with Crippen molar-refractivity contribution in [3.63, 3.8) is 0 Å². The first-order valence-corrected chi connectivity index (χ1v) is 6.52. The van der Waals surface area contributed by atoms with Gasteiger partial charge in [0, 0.05) is 12.2 Å². The van der Waals surface area contributed by atoms with Crippen LogP contribution in [0.4, 0.5) is 18.9 Å². The van der Waals surface area contributed by atoms with Crippen molar-refractivity contribution < 1.29 is 13.2 Å². The predicted molar refractivity (Wildman–Crippen MR) is 74.3 cm³/mol. The summed E-state index contributed by atoms with van der Waals surface area (Å²) in [6.45, 7) is 4.15. The highest BCUT2D eigenvalue weighted by Gasteiger charge is 2.33. The van der Waals surface area contributed by atoms with Crippen LogP contribution in [-0.4, -0.2) is 43.1 Å². The van der Waals surface area contributed by atoms with E-state index in [9.17, 15) is 13.2 Å². The second-order valence-corrected chi connectivity index (χ2v) is 4.94. The van der Waals surface area contributed by atoms with Crippen LogP contribution in [0.1, 0.15) is 11.1 Å². The van der Waals surface area contributed by atoms with Crippen LogP contribution in [0.25, 0.3) is 0 Å². The van der Waals surface area contributed by atoms with Crippen LogP contribution < -0.4 is 5.32 Å². The minimum Gasteiger partial charge on any atom is -0.378 e. The van der Waals surface area contributed by atoms with E-state index < -0.39 is 12.7 Å². The molecule has 1 N–H and O–H groups in total. The zero-order valence-electron chi connectivity index (χ0n) is 11.6. The molecule has 1 heterocycles. The fraction of sp³-hybridized carbons (Fsp3) is 0.500. The fourth-order valence-corrected chi connectivity index (χ4v) is 2.20. The molecule has 20 heavy (non-hydrogen) atoms. The third-order valence-corrected chi connectivity index (χ3v) is 3.44. The van der Waals surface area contributed by atoms with Gasteiger partial charge in [-0.15, -0.1) is 0 Å². The monoisotopic (exact) mass is 285 g/mol. The summed E-state index contributed by atoms with van der Waals surface area (Å²) < 4.78 is 37.3. The van der Waals surface area contributed by atoms with Crippen molar-refractivity contribution in [2.45, 2.75) is 20.0 Å². The predicted octanol–water partition coefficient (Wildman–Crippen LogP) is 2.99. The van der Waals surface area contributed by atoms with Gasteiger partial charge in [0.25, 0.3) is 0 Å². The second kappa shape index (κ2) is 5.73. The molecule has 1 aromatic rings. The number of benzene rings is 1. The third-order valence-electron chi connectivity index (χ3n) is 3.44. The molecule has 0 unspecified atom stereocenters. The highest BCUT2D eigenvalue weighted by Crippen LogP contribution is 2.20. The van der Waals surface area contributed by atoms with Gasteiger partial charge in [-0.1, -0.05) is 12.1 Å². The molecule has 3 nitrogen and oxygen atoms in total. The molecule has 1 aliphatic rings. The van der Waals surface area contributed by atoms with Crippen molar-refractivity contribution in [3.8, 4) is 0 Å². The average molecular weight is 285 g/mol. The number of nitrogens with one attached hydrogen (secondary N) is 1. The number of rotatable bonds is 4. The van der Waals surface area contributed by atoms with Crippen LogP contribution in [0.15, 0.2) is 23.2 Å². The maximum Gasteiger partial charge on any atom is 0.405 e. The summed E-state index contributed by atoms with van der Waals surface area (Å²) in [7, 11) is 0. The molecule has 0 radical (unpaired) electrons. The van der Waals surface area contributed by atoms with E-state index in [0.717, 1.165) is 16.8 Å². The molecule has 0 aliphatic carbocycles. The molecule has 0 aromatic heterocycles. The van der Waals surface area contributed by atoms with Crippen LogP contribution in [0.5, 0.6) is 0 Å². The van der Waals surface area contributed by atoms with Crippen LogP contribution in [0.2, 0.25) is 0 Å². The molecule has 0 spiro atoms. The van der Waals surface area contributed by atoms with Gasteiger partial charge >= 0.3 is 6.18 Å². The van der Waals surface area contributed by atoms with Crippen molar-refractivity contribution in [1.82, 2.24) is 4.90 Å². The molecule has 1 aliphatic heterocycles. The van der Waals surface area contributed by atoms with Gasteiger partial charge < -0.3 is 10.2 Å². The highest BCUT2D eigenvalue weighted by atomic mass is 19.4. The Morgan fingerprint density at radius 1 is 1.30 bits per heavy atom. The molecule has 0 fully saturated rings. The van der Waals surface area contributed by atoms with E-state index in [2.05, 4.69) is 10.3 Å². The number of hydrogen-bond acceptors (Lipinski definition) is 3. The summed E-state index contributed by atoms with van der Waals surface area (Å²) in [4.78, 5) is 5.44. The Morgan fingerprint density at radius 3 is 2.75 bits per heavy atom. The normalized spacial score (nSPS) is 15.4. The van der Waals surface area contributed by atoms with Crippen LogP contribution in [0.3, 0.4) is 0 Å². The number of halogens is 3. The topological polar surface area (TPSA) is 27.6 Å². The average Bonchev–Trinajstić information content (AvgIpc) is 2.76. The molecule has 0 atom stereocenters. The van der Waals surface area contributed by atoms with E-state index in [1.54, 1.807) is 0 Å². The number of nitrogens with zero attached hydrogens (tertiary/aromatic N) is 2. The van der Waals surface area contributed by atoms with E-state index in [1.165, 1.54) is 4.90 Å². The molecule has 2 rings (SSSR count). The lowest BCUT2D eigenvalue weighted by Crippen LogP contribution is -2.39. The molecule has 0 amide bonds. The lowest BCUT2D eigenvalue weighted by Gasteiger charge is -2.22. The van der Waals surface area contributed by atoms with Crippen LogP contribution in [0, 0.1) is 13.8 Å². The van der Waals surface area contributed by atoms with Crippen molar-refractivity contribution in [2.75, 3.05) is 31.5 Å². The summed E-state index contributed by atoms with van der Waals surface area (Å²) in [5, 5.41) is 3.17. The zero-order chi connectivity index (χ0) is 14.8. The van der Waals surface area contributed by atoms with Crippen molar-refractivity contribution in [2.24, 2.45) is 4.99 Å². The van der Waals surface area contributed by atoms with E-state index >= 15 is 0 Å². The van der Waals surface area contributed by atoms with Crippen molar-refractivity contribution in [3.05, 3.63) is 29.3 Å². The Kier molecular flexibility index (Phi) is 4.20. The first-order valence-electron chi connectivity index (χ1n) is 6.52. The fourth-order valence-electron chi connectivity index (χ4n) is 2.20. The number of aliphatic imine (C=N–C) groups is 1. The lowest BCUT2D eigenvalue weighted by molar-refractivity contribution is -0.137. The molecule has 1 aromatic carbocycles. The smallest absolute Gasteiger partial charge is 0.378 e. The standard InChI is InChI=1S/C14H18F3N3/c1-10-4-3-5-12(11(10)2)19-8-13-18-6-7-20(13)9-14(15,16)17/h3-5,19H,6-9H2,1-2H3. The van der Waals surface area contributed by atoms with Gasteiger partial charge in [-0.2, -0.15) is 13.2 Å². The Morgan fingerprint density at radius 2 is 2.05 bits per heavy atom. The summed E-state index contributed by atoms with van der Waals surface area (Å²) in [5.74, 6) is 0.475. The van der Waals surface area contributed by atoms with Gasteiger partial charge in [0.1, 0.15) is 12.4 Å². The number of anilines is 1. The Balaban J connectivity index is 1.98. The minimum atomic E-state index is -4.19. The van der Waals surface area contributed by atoms with Gasteiger partial charge in [-0.05, 0) is 31.0 Å². The number of alkyl halides is 3. The first kappa shape index (κ1) is 14.7. The van der Waals surface area contributed by atoms with Gasteiger partial charge in [0.05, 0.1) is 13.1 Å². The molecule has 0 saturated carbocycles. The Labute approximate surface area is 116 Å². The molecule has 110 valence electrons. The van der Waals surface area contributed by atoms with Crippen molar-refractivity contribution >= 4 is 11.5 Å². The Bertz CT molecular complexity index is 509. The Hall–Kier alpha value is -1.72. The number of amidine groups is 1. The molecule has 0 saturated heterocycles. The molecule has 0 bridgehead atoms. The van der Waals surface area contributed by atoms with Gasteiger partial charge in [0.2, 0.25) is 0 Å². The minimum absolute atomic E-state index is 0.320. The summed E-state index contributed by atoms with van der Waals surface area (Å²) in [6.07, 6.45) is -4.19. The van der Waals surface area contributed by atoms with Gasteiger partial charge in [-0.3, -0.25) is 4.99 Å². The lowest BCUT2D eigenvalue weighted by atomic mass is 10.1. The quantitative estimate of drug-likeness (QED) is 0.921. The van der Waals surface area contributed by atoms with Crippen LogP contribution >= 0.6 is 0 Å². The maximum atomic E-state index is 12.4. The molecular weight excluding hydrogens is 267 g/mol. The third kappa shape index (κ3) is 3.65. The van der Waals surface area contributed by atoms with E-state index in [4.69, 9.17) is 0 Å². The largest absolute Gasteiger partial charge is 0.405 e. The number of hydrogen-bond donors (Lipinski definition) is 1. The van der Waals surface area contributed by atoms with E-state index in [1.807, 2.05) is 32.0 Å².